The number of rotatable bonds is 5. The smallest absolute Gasteiger partial charge is 0.410 e. The second-order valence-corrected chi connectivity index (χ2v) is 11.9. The maximum absolute atomic E-state index is 15.4. The van der Waals surface area contributed by atoms with Crippen LogP contribution >= 0.6 is 0 Å². The maximum atomic E-state index is 15.4. The van der Waals surface area contributed by atoms with Crippen molar-refractivity contribution in [2.45, 2.75) is 70.6 Å². The molecule has 0 bridgehead atoms. The monoisotopic (exact) mass is 541 g/mol. The number of amides is 1. The van der Waals surface area contributed by atoms with Gasteiger partial charge in [-0.2, -0.15) is 0 Å². The molecule has 40 heavy (non-hydrogen) atoms. The minimum Gasteiger partial charge on any atom is -0.444 e. The van der Waals surface area contributed by atoms with E-state index in [-0.39, 0.29) is 18.0 Å². The summed E-state index contributed by atoms with van der Waals surface area (Å²) >= 11 is 0. The Hall–Kier alpha value is -3.78. The molecule has 0 unspecified atom stereocenters. The fourth-order valence-corrected chi connectivity index (χ4v) is 5.83. The van der Waals surface area contributed by atoms with E-state index in [1.807, 2.05) is 45.2 Å². The van der Waals surface area contributed by atoms with Gasteiger partial charge in [0, 0.05) is 36.5 Å². The van der Waals surface area contributed by atoms with Gasteiger partial charge in [0.1, 0.15) is 17.2 Å². The maximum Gasteiger partial charge on any atom is 0.410 e. The molecule has 0 saturated carbocycles. The Balaban J connectivity index is 1.14. The van der Waals surface area contributed by atoms with Gasteiger partial charge in [-0.1, -0.05) is 30.3 Å². The van der Waals surface area contributed by atoms with Gasteiger partial charge in [-0.15, -0.1) is 0 Å². The van der Waals surface area contributed by atoms with E-state index in [2.05, 4.69) is 32.4 Å². The van der Waals surface area contributed by atoms with Crippen molar-refractivity contribution in [3.8, 4) is 22.4 Å². The Morgan fingerprint density at radius 1 is 1.05 bits per heavy atom. The highest BCUT2D eigenvalue weighted by Gasteiger charge is 2.35. The molecule has 4 heterocycles. The van der Waals surface area contributed by atoms with Crippen molar-refractivity contribution in [2.75, 3.05) is 13.1 Å². The molecule has 0 aliphatic carbocycles. The first-order chi connectivity index (χ1) is 19.2. The van der Waals surface area contributed by atoms with E-state index in [1.54, 1.807) is 23.2 Å². The van der Waals surface area contributed by atoms with E-state index in [9.17, 15) is 4.79 Å². The molecule has 2 atom stereocenters. The summed E-state index contributed by atoms with van der Waals surface area (Å²) in [7, 11) is 0. The zero-order valence-electron chi connectivity index (χ0n) is 23.3. The molecule has 3 aliphatic rings. The number of carbonyl (C=O) groups is 1. The number of hydrogen-bond acceptors (Lipinski definition) is 5. The normalized spacial score (nSPS) is 21.1. The highest BCUT2D eigenvalue weighted by molar-refractivity contribution is 6.01. The minimum absolute atomic E-state index is 0.213. The quantitative estimate of drug-likeness (QED) is 0.368. The third-order valence-corrected chi connectivity index (χ3v) is 7.86. The number of allylic oxidation sites excluding steroid dienone is 1. The van der Waals surface area contributed by atoms with Gasteiger partial charge in [0.2, 0.25) is 0 Å². The van der Waals surface area contributed by atoms with E-state index < -0.39 is 5.60 Å². The van der Waals surface area contributed by atoms with Crippen LogP contribution in [0.1, 0.15) is 70.3 Å². The Bertz CT molecular complexity index is 1460. The summed E-state index contributed by atoms with van der Waals surface area (Å²) < 4.78 is 20.9. The fraction of sp³-hybridized carbons (Fsp3) is 0.406. The van der Waals surface area contributed by atoms with Crippen LogP contribution in [-0.2, 0) is 4.74 Å². The average molecular weight is 542 g/mol. The zero-order valence-corrected chi connectivity index (χ0v) is 23.3. The number of ether oxygens (including phenoxy) is 1. The van der Waals surface area contributed by atoms with Crippen LogP contribution in [0.25, 0.3) is 28.0 Å². The van der Waals surface area contributed by atoms with Crippen molar-refractivity contribution >= 4 is 17.4 Å². The van der Waals surface area contributed by atoms with Crippen LogP contribution in [0.3, 0.4) is 0 Å². The van der Waals surface area contributed by atoms with Crippen LogP contribution in [0, 0.1) is 5.82 Å². The molecule has 2 fully saturated rings. The largest absolute Gasteiger partial charge is 0.444 e. The predicted molar refractivity (Wildman–Crippen MR) is 155 cm³/mol. The number of nitrogens with zero attached hydrogens (tertiary/aromatic N) is 3. The fourth-order valence-electron chi connectivity index (χ4n) is 5.83. The number of likely N-dealkylation sites (tertiary alicyclic amines) is 1. The number of benzene rings is 2. The standard InChI is InChI=1S/C32H36FN5O2/c1-32(2,3)40-31(39)38-15-5-7-29(38)30-36-19-28(37-30)24-13-12-22(16-25(24)33)20-8-10-21(11-9-20)23-17-27(35-18-23)26-6-4-14-34-26/h8-13,16,18-19,26,29,34H,4-7,14-15,17H2,1-3H3,(H,36,37)/t26-,29-/m0/s1. The first kappa shape index (κ1) is 26.4. The van der Waals surface area contributed by atoms with Crippen molar-refractivity contribution in [1.29, 1.82) is 0 Å². The summed E-state index contributed by atoms with van der Waals surface area (Å²) in [6.07, 6.45) is 8.16. The zero-order chi connectivity index (χ0) is 27.9. The van der Waals surface area contributed by atoms with Crippen molar-refractivity contribution in [2.24, 2.45) is 4.99 Å². The molecule has 1 amide bonds. The van der Waals surface area contributed by atoms with Crippen LogP contribution < -0.4 is 5.32 Å². The van der Waals surface area contributed by atoms with Gasteiger partial charge in [-0.05, 0) is 87.4 Å². The van der Waals surface area contributed by atoms with E-state index in [0.29, 0.717) is 29.7 Å². The van der Waals surface area contributed by atoms with Gasteiger partial charge in [0.15, 0.2) is 0 Å². The summed E-state index contributed by atoms with van der Waals surface area (Å²) in [5.74, 6) is 0.322. The van der Waals surface area contributed by atoms with Crippen molar-refractivity contribution in [3.63, 3.8) is 0 Å². The van der Waals surface area contributed by atoms with Gasteiger partial charge in [0.25, 0.3) is 0 Å². The first-order valence-electron chi connectivity index (χ1n) is 14.2. The minimum atomic E-state index is -0.567. The molecule has 208 valence electrons. The van der Waals surface area contributed by atoms with Crippen molar-refractivity contribution < 1.29 is 13.9 Å². The molecule has 2 saturated heterocycles. The lowest BCUT2D eigenvalue weighted by Gasteiger charge is -2.27. The SMILES string of the molecule is CC(C)(C)OC(=O)N1CCC[C@H]1c1ncc(-c2ccc(-c3ccc(C4=CN=C([C@@H]5CCCN5)C4)cc3)cc2F)[nH]1. The molecular weight excluding hydrogens is 505 g/mol. The van der Waals surface area contributed by atoms with Gasteiger partial charge in [-0.25, -0.2) is 14.2 Å². The Kier molecular flexibility index (Phi) is 7.04. The van der Waals surface area contributed by atoms with Crippen LogP contribution in [0.2, 0.25) is 0 Å². The van der Waals surface area contributed by atoms with Crippen molar-refractivity contribution in [1.82, 2.24) is 20.2 Å². The number of hydrogen-bond donors (Lipinski definition) is 2. The predicted octanol–water partition coefficient (Wildman–Crippen LogP) is 6.89. The molecule has 6 rings (SSSR count). The third kappa shape index (κ3) is 5.45. The highest BCUT2D eigenvalue weighted by atomic mass is 19.1. The molecule has 0 spiro atoms. The molecule has 2 aromatic carbocycles. The Labute approximate surface area is 234 Å². The third-order valence-electron chi connectivity index (χ3n) is 7.86. The van der Waals surface area contributed by atoms with Crippen molar-refractivity contribution in [3.05, 3.63) is 72.1 Å². The molecule has 2 N–H and O–H groups in total. The summed E-state index contributed by atoms with van der Waals surface area (Å²) in [4.78, 5) is 26.8. The first-order valence-corrected chi connectivity index (χ1v) is 14.2. The number of halogens is 1. The molecule has 3 aromatic rings. The number of H-pyrrole nitrogens is 1. The number of nitrogens with one attached hydrogen (secondary N) is 2. The van der Waals surface area contributed by atoms with Gasteiger partial charge < -0.3 is 15.0 Å². The second-order valence-electron chi connectivity index (χ2n) is 11.9. The number of aromatic amines is 1. The number of aromatic nitrogens is 2. The van der Waals surface area contributed by atoms with Crippen LogP contribution in [-0.4, -0.2) is 51.4 Å². The van der Waals surface area contributed by atoms with Gasteiger partial charge >= 0.3 is 6.09 Å². The van der Waals surface area contributed by atoms with E-state index >= 15 is 4.39 Å². The van der Waals surface area contributed by atoms with E-state index in [4.69, 9.17) is 4.74 Å². The lowest BCUT2D eigenvalue weighted by atomic mass is 9.96. The van der Waals surface area contributed by atoms with E-state index in [1.165, 1.54) is 17.7 Å². The number of imidazole rings is 1. The summed E-state index contributed by atoms with van der Waals surface area (Å²) in [5, 5.41) is 3.53. The summed E-state index contributed by atoms with van der Waals surface area (Å²) in [5.41, 5.74) is 5.83. The highest BCUT2D eigenvalue weighted by Crippen LogP contribution is 2.34. The lowest BCUT2D eigenvalue weighted by Crippen LogP contribution is -2.36. The molecular formula is C32H36FN5O2. The Morgan fingerprint density at radius 3 is 2.55 bits per heavy atom. The van der Waals surface area contributed by atoms with Gasteiger partial charge in [-0.3, -0.25) is 9.89 Å². The lowest BCUT2D eigenvalue weighted by molar-refractivity contribution is 0.0218. The molecule has 0 radical (unpaired) electrons. The number of carbonyl (C=O) groups excluding carboxylic acids is 1. The molecule has 8 heteroatoms. The Morgan fingerprint density at radius 2 is 1.82 bits per heavy atom. The molecule has 7 nitrogen and oxygen atoms in total. The second kappa shape index (κ2) is 10.7. The van der Waals surface area contributed by atoms with Gasteiger partial charge in [0.05, 0.1) is 17.9 Å². The van der Waals surface area contributed by atoms with Crippen LogP contribution in [0.5, 0.6) is 0 Å². The summed E-state index contributed by atoms with van der Waals surface area (Å²) in [6, 6.07) is 13.7. The topological polar surface area (TPSA) is 82.6 Å². The number of aliphatic imine (C=N–C) groups is 1. The molecule has 3 aliphatic heterocycles. The summed E-state index contributed by atoms with van der Waals surface area (Å²) in [6.45, 7) is 7.25. The molecule has 1 aromatic heterocycles. The average Bonchev–Trinajstić information content (AvgIpc) is 3.74. The van der Waals surface area contributed by atoms with Crippen LogP contribution in [0.4, 0.5) is 9.18 Å². The van der Waals surface area contributed by atoms with Crippen LogP contribution in [0.15, 0.2) is 59.9 Å². The van der Waals surface area contributed by atoms with E-state index in [0.717, 1.165) is 48.9 Å².